The van der Waals surface area contributed by atoms with E-state index in [0.29, 0.717) is 10.0 Å². The summed E-state index contributed by atoms with van der Waals surface area (Å²) in [6, 6.07) is 14.3. The van der Waals surface area contributed by atoms with Crippen LogP contribution in [0.1, 0.15) is 9.67 Å². The molecule has 1 N–H and O–H groups in total. The van der Waals surface area contributed by atoms with Crippen molar-refractivity contribution < 1.29 is 14.6 Å². The van der Waals surface area contributed by atoms with Crippen molar-refractivity contribution in [2.45, 2.75) is 0 Å². The van der Waals surface area contributed by atoms with Crippen LogP contribution in [0.4, 0.5) is 0 Å². The molecule has 0 aliphatic carbocycles. The van der Waals surface area contributed by atoms with Crippen LogP contribution in [0.2, 0.25) is 10.0 Å². The average molecular weight is 379 g/mol. The van der Waals surface area contributed by atoms with Crippen LogP contribution < -0.4 is 4.74 Å². The maximum Gasteiger partial charge on any atom is 0.345 e. The lowest BCUT2D eigenvalue weighted by Crippen LogP contribution is -1.90. The molecule has 3 rings (SSSR count). The fourth-order valence-electron chi connectivity index (χ4n) is 2.36. The summed E-state index contributed by atoms with van der Waals surface area (Å²) in [6.45, 7) is 0. The van der Waals surface area contributed by atoms with Gasteiger partial charge in [0.15, 0.2) is 0 Å². The minimum atomic E-state index is -0.967. The zero-order valence-electron chi connectivity index (χ0n) is 12.5. The highest BCUT2D eigenvalue weighted by molar-refractivity contribution is 7.18. The molecular formula is C18H12Cl2O3S. The van der Waals surface area contributed by atoms with Crippen molar-refractivity contribution in [1.82, 2.24) is 0 Å². The number of ether oxygens (including phenoxy) is 1. The molecule has 6 heteroatoms. The summed E-state index contributed by atoms with van der Waals surface area (Å²) < 4.78 is 5.17. The van der Waals surface area contributed by atoms with Crippen molar-refractivity contribution in [2.24, 2.45) is 0 Å². The number of carboxylic acid groups (broad SMARTS) is 1. The van der Waals surface area contributed by atoms with Crippen molar-refractivity contribution >= 4 is 40.5 Å². The standard InChI is InChI=1S/C18H12Cl2O3S/c1-23-12-5-2-10(3-6-12)17-14(9-16(24-17)18(21)22)13-7-4-11(19)8-15(13)20/h2-9H,1H3,(H,21,22). The van der Waals surface area contributed by atoms with E-state index in [0.717, 1.165) is 27.3 Å². The van der Waals surface area contributed by atoms with Crippen molar-refractivity contribution in [1.29, 1.82) is 0 Å². The van der Waals surface area contributed by atoms with Gasteiger partial charge in [0, 0.05) is 26.0 Å². The molecule has 0 saturated carbocycles. The van der Waals surface area contributed by atoms with E-state index in [1.54, 1.807) is 31.4 Å². The second-order valence-electron chi connectivity index (χ2n) is 5.01. The Morgan fingerprint density at radius 3 is 2.33 bits per heavy atom. The monoisotopic (exact) mass is 378 g/mol. The third kappa shape index (κ3) is 3.26. The van der Waals surface area contributed by atoms with Gasteiger partial charge in [-0.1, -0.05) is 29.3 Å². The van der Waals surface area contributed by atoms with Crippen LogP contribution in [-0.2, 0) is 0 Å². The topological polar surface area (TPSA) is 46.5 Å². The number of hydrogen-bond donors (Lipinski definition) is 1. The largest absolute Gasteiger partial charge is 0.497 e. The molecule has 0 atom stereocenters. The van der Waals surface area contributed by atoms with Crippen molar-refractivity contribution in [3.63, 3.8) is 0 Å². The van der Waals surface area contributed by atoms with Gasteiger partial charge in [0.05, 0.1) is 7.11 Å². The quantitative estimate of drug-likeness (QED) is 0.596. The highest BCUT2D eigenvalue weighted by Crippen LogP contribution is 2.42. The summed E-state index contributed by atoms with van der Waals surface area (Å²) in [4.78, 5) is 12.5. The van der Waals surface area contributed by atoms with Gasteiger partial charge in [-0.15, -0.1) is 11.3 Å². The second-order valence-corrected chi connectivity index (χ2v) is 6.91. The van der Waals surface area contributed by atoms with Gasteiger partial charge in [-0.05, 0) is 48.0 Å². The maximum atomic E-state index is 11.4. The van der Waals surface area contributed by atoms with Crippen LogP contribution in [0, 0.1) is 0 Å². The molecule has 1 heterocycles. The second kappa shape index (κ2) is 6.85. The molecule has 2 aromatic carbocycles. The molecule has 0 amide bonds. The van der Waals surface area contributed by atoms with Crippen LogP contribution in [0.15, 0.2) is 48.5 Å². The maximum absolute atomic E-state index is 11.4. The first kappa shape index (κ1) is 16.8. The summed E-state index contributed by atoms with van der Waals surface area (Å²) >= 11 is 13.5. The third-order valence-electron chi connectivity index (χ3n) is 3.52. The Bertz CT molecular complexity index is 901. The number of halogens is 2. The normalized spacial score (nSPS) is 10.6. The Kier molecular flexibility index (Phi) is 4.81. The van der Waals surface area contributed by atoms with E-state index in [1.807, 2.05) is 24.3 Å². The minimum Gasteiger partial charge on any atom is -0.497 e. The Morgan fingerprint density at radius 2 is 1.75 bits per heavy atom. The first-order valence-electron chi connectivity index (χ1n) is 6.96. The molecule has 0 radical (unpaired) electrons. The number of methoxy groups -OCH3 is 1. The van der Waals surface area contributed by atoms with Gasteiger partial charge in [-0.3, -0.25) is 0 Å². The summed E-state index contributed by atoms with van der Waals surface area (Å²) in [5.74, 6) is -0.231. The molecule has 122 valence electrons. The van der Waals surface area contributed by atoms with Gasteiger partial charge in [-0.25, -0.2) is 4.79 Å². The van der Waals surface area contributed by atoms with E-state index in [4.69, 9.17) is 27.9 Å². The van der Waals surface area contributed by atoms with Crippen LogP contribution in [0.5, 0.6) is 5.75 Å². The summed E-state index contributed by atoms with van der Waals surface area (Å²) in [7, 11) is 1.60. The van der Waals surface area contributed by atoms with Crippen LogP contribution in [0.25, 0.3) is 21.6 Å². The molecule has 24 heavy (non-hydrogen) atoms. The Labute approximate surface area is 153 Å². The fraction of sp³-hybridized carbons (Fsp3) is 0.0556. The first-order chi connectivity index (χ1) is 11.5. The van der Waals surface area contributed by atoms with Gasteiger partial charge in [-0.2, -0.15) is 0 Å². The third-order valence-corrected chi connectivity index (χ3v) is 5.24. The number of hydrogen-bond acceptors (Lipinski definition) is 3. The van der Waals surface area contributed by atoms with Crippen LogP contribution >= 0.6 is 34.5 Å². The zero-order chi connectivity index (χ0) is 17.3. The minimum absolute atomic E-state index is 0.252. The van der Waals surface area contributed by atoms with E-state index >= 15 is 0 Å². The fourth-order valence-corrected chi connectivity index (χ4v) is 3.89. The van der Waals surface area contributed by atoms with E-state index in [-0.39, 0.29) is 4.88 Å². The highest BCUT2D eigenvalue weighted by atomic mass is 35.5. The van der Waals surface area contributed by atoms with Gasteiger partial charge < -0.3 is 9.84 Å². The predicted molar refractivity (Wildman–Crippen MR) is 98.7 cm³/mol. The molecular weight excluding hydrogens is 367 g/mol. The molecule has 0 bridgehead atoms. The molecule has 0 saturated heterocycles. The number of benzene rings is 2. The Hall–Kier alpha value is -2.01. The average Bonchev–Trinajstić information content (AvgIpc) is 3.00. The number of carboxylic acids is 1. The SMILES string of the molecule is COc1ccc(-c2sc(C(=O)O)cc2-c2ccc(Cl)cc2Cl)cc1. The number of rotatable bonds is 4. The Balaban J connectivity index is 2.18. The first-order valence-corrected chi connectivity index (χ1v) is 8.54. The summed E-state index contributed by atoms with van der Waals surface area (Å²) in [6.07, 6.45) is 0. The molecule has 1 aromatic heterocycles. The predicted octanol–water partition coefficient (Wildman–Crippen LogP) is 6.10. The van der Waals surface area contributed by atoms with Gasteiger partial charge in [0.1, 0.15) is 10.6 Å². The molecule has 0 unspecified atom stereocenters. The molecule has 0 fully saturated rings. The van der Waals surface area contributed by atoms with Gasteiger partial charge in [0.25, 0.3) is 0 Å². The molecule has 3 aromatic rings. The number of carbonyl (C=O) groups is 1. The van der Waals surface area contributed by atoms with Crippen LogP contribution in [-0.4, -0.2) is 18.2 Å². The van der Waals surface area contributed by atoms with Crippen LogP contribution in [0.3, 0.4) is 0 Å². The number of thiophene rings is 1. The van der Waals surface area contributed by atoms with E-state index in [1.165, 1.54) is 11.3 Å². The molecule has 0 spiro atoms. The van der Waals surface area contributed by atoms with Crippen molar-refractivity contribution in [3.05, 3.63) is 63.5 Å². The lowest BCUT2D eigenvalue weighted by molar-refractivity contribution is 0.0702. The lowest BCUT2D eigenvalue weighted by atomic mass is 10.0. The van der Waals surface area contributed by atoms with Crippen molar-refractivity contribution in [2.75, 3.05) is 7.11 Å². The van der Waals surface area contributed by atoms with Crippen molar-refractivity contribution in [3.8, 4) is 27.3 Å². The smallest absolute Gasteiger partial charge is 0.345 e. The molecule has 0 aliphatic heterocycles. The van der Waals surface area contributed by atoms with E-state index in [2.05, 4.69) is 0 Å². The summed E-state index contributed by atoms with van der Waals surface area (Å²) in [5.41, 5.74) is 2.41. The molecule has 0 aliphatic rings. The van der Waals surface area contributed by atoms with Gasteiger partial charge in [0.2, 0.25) is 0 Å². The highest BCUT2D eigenvalue weighted by Gasteiger charge is 2.18. The Morgan fingerprint density at radius 1 is 1.04 bits per heavy atom. The lowest BCUT2D eigenvalue weighted by Gasteiger charge is -2.08. The summed E-state index contributed by atoms with van der Waals surface area (Å²) in [5, 5.41) is 10.4. The van der Waals surface area contributed by atoms with E-state index < -0.39 is 5.97 Å². The number of aromatic carboxylic acids is 1. The zero-order valence-corrected chi connectivity index (χ0v) is 14.9. The van der Waals surface area contributed by atoms with E-state index in [9.17, 15) is 9.90 Å². The molecule has 3 nitrogen and oxygen atoms in total. The van der Waals surface area contributed by atoms with Gasteiger partial charge >= 0.3 is 5.97 Å².